The molecule has 5 nitrogen and oxygen atoms in total. The van der Waals surface area contributed by atoms with Crippen molar-refractivity contribution in [2.24, 2.45) is 0 Å². The maximum Gasteiger partial charge on any atom is 0.261 e. The lowest BCUT2D eigenvalue weighted by Gasteiger charge is -2.30. The van der Waals surface area contributed by atoms with Gasteiger partial charge >= 0.3 is 0 Å². The third kappa shape index (κ3) is 7.28. The smallest absolute Gasteiger partial charge is 0.261 e. The van der Waals surface area contributed by atoms with Gasteiger partial charge in [0.25, 0.3) is 5.91 Å². The highest BCUT2D eigenvalue weighted by Crippen LogP contribution is 2.29. The van der Waals surface area contributed by atoms with Crippen LogP contribution in [0.15, 0.2) is 40.9 Å². The van der Waals surface area contributed by atoms with Crippen LogP contribution in [0.2, 0.25) is 15.1 Å². The van der Waals surface area contributed by atoms with Crippen molar-refractivity contribution in [2.75, 3.05) is 6.61 Å². The number of hydrogen-bond donors (Lipinski definition) is 1. The molecule has 1 N–H and O–H groups in total. The van der Waals surface area contributed by atoms with E-state index >= 15 is 0 Å². The average molecular weight is 551 g/mol. The lowest BCUT2D eigenvalue weighted by Crippen LogP contribution is -2.50. The molecule has 2 aromatic carbocycles. The van der Waals surface area contributed by atoms with Crippen LogP contribution in [0.4, 0.5) is 0 Å². The number of hydrogen-bond acceptors (Lipinski definition) is 3. The first-order valence-corrected chi connectivity index (χ1v) is 11.7. The van der Waals surface area contributed by atoms with Crippen LogP contribution >= 0.6 is 50.7 Å². The molecule has 0 bridgehead atoms. The molecular formula is C22H24BrCl3N2O3. The minimum absolute atomic E-state index is 0.0198. The minimum atomic E-state index is -0.766. The Kier molecular flexibility index (Phi) is 9.94. The number of carbonyl (C=O) groups excluding carboxylic acids is 2. The van der Waals surface area contributed by atoms with E-state index in [0.717, 1.165) is 10.9 Å². The van der Waals surface area contributed by atoms with Gasteiger partial charge in [-0.25, -0.2) is 0 Å². The summed E-state index contributed by atoms with van der Waals surface area (Å²) >= 11 is 22.1. The first-order valence-electron chi connectivity index (χ1n) is 9.74. The number of carbonyl (C=O) groups is 2. The van der Waals surface area contributed by atoms with Crippen LogP contribution in [0.1, 0.15) is 32.8 Å². The highest BCUT2D eigenvalue weighted by molar-refractivity contribution is 9.10. The van der Waals surface area contributed by atoms with Crippen molar-refractivity contribution in [2.45, 2.75) is 45.8 Å². The molecule has 0 aliphatic rings. The molecule has 0 spiro atoms. The molecule has 168 valence electrons. The molecule has 31 heavy (non-hydrogen) atoms. The van der Waals surface area contributed by atoms with Crippen molar-refractivity contribution in [3.63, 3.8) is 0 Å². The summed E-state index contributed by atoms with van der Waals surface area (Å²) in [5, 5.41) is 4.10. The van der Waals surface area contributed by atoms with Gasteiger partial charge in [0.15, 0.2) is 6.61 Å². The van der Waals surface area contributed by atoms with Crippen molar-refractivity contribution in [1.82, 2.24) is 10.2 Å². The van der Waals surface area contributed by atoms with E-state index < -0.39 is 11.9 Å². The molecule has 0 saturated carbocycles. The summed E-state index contributed by atoms with van der Waals surface area (Å²) in [6, 6.07) is 9.40. The van der Waals surface area contributed by atoms with Crippen molar-refractivity contribution in [1.29, 1.82) is 0 Å². The fraction of sp³-hybridized carbons (Fsp3) is 0.364. The van der Waals surface area contributed by atoms with Crippen LogP contribution in [0.3, 0.4) is 0 Å². The monoisotopic (exact) mass is 548 g/mol. The molecule has 2 aromatic rings. The summed E-state index contributed by atoms with van der Waals surface area (Å²) in [7, 11) is 0. The number of amides is 2. The zero-order valence-electron chi connectivity index (χ0n) is 17.4. The van der Waals surface area contributed by atoms with Crippen molar-refractivity contribution in [3.05, 3.63) is 61.5 Å². The van der Waals surface area contributed by atoms with Crippen LogP contribution in [0.25, 0.3) is 0 Å². The maximum absolute atomic E-state index is 13.1. The molecule has 0 aromatic heterocycles. The van der Waals surface area contributed by atoms with Crippen LogP contribution in [-0.2, 0) is 16.1 Å². The van der Waals surface area contributed by atoms with E-state index in [1.807, 2.05) is 13.8 Å². The molecule has 0 aliphatic heterocycles. The van der Waals surface area contributed by atoms with E-state index in [2.05, 4.69) is 21.2 Å². The standard InChI is InChI=1S/C22H24BrCl3N2O3/c1-4-13(2)27-22(30)14(3)28(11-16-17(24)6-5-7-18(16)25)21(29)12-31-20-9-8-15(23)10-19(20)26/h5-10,13-14H,4,11-12H2,1-3H3,(H,27,30). The third-order valence-corrected chi connectivity index (χ3v) is 6.30. The van der Waals surface area contributed by atoms with E-state index in [1.54, 1.807) is 43.3 Å². The molecule has 0 aliphatic carbocycles. The zero-order valence-corrected chi connectivity index (χ0v) is 21.3. The number of halogens is 4. The van der Waals surface area contributed by atoms with Crippen LogP contribution in [-0.4, -0.2) is 35.4 Å². The quantitative estimate of drug-likeness (QED) is 0.409. The Morgan fingerprint density at radius 1 is 1.10 bits per heavy atom. The van der Waals surface area contributed by atoms with E-state index in [4.69, 9.17) is 39.5 Å². The second kappa shape index (κ2) is 12.0. The third-order valence-electron chi connectivity index (χ3n) is 4.80. The van der Waals surface area contributed by atoms with Gasteiger partial charge in [-0.05, 0) is 50.6 Å². The summed E-state index contributed by atoms with van der Waals surface area (Å²) in [5.74, 6) is -0.306. The van der Waals surface area contributed by atoms with E-state index in [-0.39, 0.29) is 25.1 Å². The minimum Gasteiger partial charge on any atom is -0.482 e. The molecule has 0 radical (unpaired) electrons. The van der Waals surface area contributed by atoms with Gasteiger partial charge in [0.2, 0.25) is 5.91 Å². The van der Waals surface area contributed by atoms with Gasteiger partial charge in [-0.2, -0.15) is 0 Å². The highest BCUT2D eigenvalue weighted by atomic mass is 79.9. The van der Waals surface area contributed by atoms with Gasteiger partial charge < -0.3 is 15.0 Å². The Morgan fingerprint density at radius 3 is 2.32 bits per heavy atom. The lowest BCUT2D eigenvalue weighted by molar-refractivity contribution is -0.142. The predicted molar refractivity (Wildman–Crippen MR) is 129 cm³/mol. The Morgan fingerprint density at radius 2 is 1.74 bits per heavy atom. The fourth-order valence-electron chi connectivity index (χ4n) is 2.72. The predicted octanol–water partition coefficient (Wildman–Crippen LogP) is 6.12. The topological polar surface area (TPSA) is 58.6 Å². The lowest BCUT2D eigenvalue weighted by atomic mass is 10.1. The summed E-state index contributed by atoms with van der Waals surface area (Å²) in [4.78, 5) is 27.3. The normalized spacial score (nSPS) is 12.7. The fourth-order valence-corrected chi connectivity index (χ4v) is 3.96. The number of benzene rings is 2. The van der Waals surface area contributed by atoms with Crippen molar-refractivity contribution in [3.8, 4) is 5.75 Å². The second-order valence-corrected chi connectivity index (χ2v) is 9.22. The second-order valence-electron chi connectivity index (χ2n) is 7.08. The Labute approximate surface area is 206 Å². The molecule has 2 atom stereocenters. The zero-order chi connectivity index (χ0) is 23.1. The van der Waals surface area contributed by atoms with Gasteiger partial charge in [0.05, 0.1) is 5.02 Å². The first-order chi connectivity index (χ1) is 14.6. The molecule has 0 saturated heterocycles. The van der Waals surface area contributed by atoms with E-state index in [1.165, 1.54) is 4.90 Å². The van der Waals surface area contributed by atoms with Crippen LogP contribution < -0.4 is 10.1 Å². The van der Waals surface area contributed by atoms with Gasteiger partial charge in [0.1, 0.15) is 11.8 Å². The number of nitrogens with one attached hydrogen (secondary N) is 1. The largest absolute Gasteiger partial charge is 0.482 e. The molecule has 9 heteroatoms. The molecule has 2 amide bonds. The number of ether oxygens (including phenoxy) is 1. The summed E-state index contributed by atoms with van der Waals surface area (Å²) < 4.78 is 6.42. The van der Waals surface area contributed by atoms with Gasteiger partial charge in [0, 0.05) is 32.7 Å². The number of rotatable bonds is 9. The summed E-state index contributed by atoms with van der Waals surface area (Å²) in [6.45, 7) is 5.29. The first kappa shape index (κ1) is 25.8. The van der Waals surface area contributed by atoms with Crippen LogP contribution in [0.5, 0.6) is 5.75 Å². The molecule has 2 rings (SSSR count). The SMILES string of the molecule is CCC(C)NC(=O)C(C)N(Cc1c(Cl)cccc1Cl)C(=O)COc1ccc(Br)cc1Cl. The summed E-state index contributed by atoms with van der Waals surface area (Å²) in [5.41, 5.74) is 0.559. The van der Waals surface area contributed by atoms with Crippen molar-refractivity contribution < 1.29 is 14.3 Å². The van der Waals surface area contributed by atoms with E-state index in [0.29, 0.717) is 26.4 Å². The number of nitrogens with zero attached hydrogens (tertiary/aromatic N) is 1. The van der Waals surface area contributed by atoms with Gasteiger partial charge in [-0.15, -0.1) is 0 Å². The van der Waals surface area contributed by atoms with Crippen LogP contribution in [0, 0.1) is 0 Å². The average Bonchev–Trinajstić information content (AvgIpc) is 2.72. The van der Waals surface area contributed by atoms with Gasteiger partial charge in [-0.1, -0.05) is 63.7 Å². The highest BCUT2D eigenvalue weighted by Gasteiger charge is 2.28. The Balaban J connectivity index is 2.24. The molecule has 0 fully saturated rings. The Bertz CT molecular complexity index is 922. The molecule has 2 unspecified atom stereocenters. The van der Waals surface area contributed by atoms with Gasteiger partial charge in [-0.3, -0.25) is 9.59 Å². The van der Waals surface area contributed by atoms with E-state index in [9.17, 15) is 9.59 Å². The molecule has 0 heterocycles. The summed E-state index contributed by atoms with van der Waals surface area (Å²) in [6.07, 6.45) is 0.772. The van der Waals surface area contributed by atoms with Crippen molar-refractivity contribution >= 4 is 62.5 Å². The maximum atomic E-state index is 13.1. The Hall–Kier alpha value is -1.47. The molecular weight excluding hydrogens is 527 g/mol.